The Bertz CT molecular complexity index is 625. The smallest absolute Gasteiger partial charge is 0.261 e. The zero-order valence-corrected chi connectivity index (χ0v) is 13.6. The summed E-state index contributed by atoms with van der Waals surface area (Å²) in [5.74, 6) is 0.625. The van der Waals surface area contributed by atoms with Gasteiger partial charge in [-0.25, -0.2) is 0 Å². The van der Waals surface area contributed by atoms with Crippen LogP contribution in [0.15, 0.2) is 48.5 Å². The topological polar surface area (TPSA) is 38.3 Å². The first kappa shape index (κ1) is 16.4. The van der Waals surface area contributed by atoms with Crippen LogP contribution in [0.25, 0.3) is 0 Å². The molecule has 0 bridgehead atoms. The molecule has 0 aliphatic heterocycles. The summed E-state index contributed by atoms with van der Waals surface area (Å²) >= 11 is 5.84. The summed E-state index contributed by atoms with van der Waals surface area (Å²) in [6.45, 7) is 4.27. The van der Waals surface area contributed by atoms with Gasteiger partial charge in [0.15, 0.2) is 6.10 Å². The number of nitrogens with one attached hydrogen (secondary N) is 1. The third kappa shape index (κ3) is 4.50. The average molecular weight is 318 g/mol. The largest absolute Gasteiger partial charge is 0.481 e. The minimum absolute atomic E-state index is 0.138. The number of carbonyl (C=O) groups is 1. The van der Waals surface area contributed by atoms with Crippen molar-refractivity contribution in [3.63, 3.8) is 0 Å². The summed E-state index contributed by atoms with van der Waals surface area (Å²) in [5, 5.41) is 3.55. The molecule has 0 radical (unpaired) electrons. The van der Waals surface area contributed by atoms with Crippen molar-refractivity contribution in [3.8, 4) is 5.75 Å². The second kappa shape index (κ2) is 7.85. The van der Waals surface area contributed by atoms with Crippen molar-refractivity contribution in [2.24, 2.45) is 0 Å². The van der Waals surface area contributed by atoms with Crippen LogP contribution in [0.4, 0.5) is 0 Å². The number of benzene rings is 2. The maximum absolute atomic E-state index is 12.1. The molecule has 0 aliphatic carbocycles. The van der Waals surface area contributed by atoms with Gasteiger partial charge in [0.1, 0.15) is 5.75 Å². The lowest BCUT2D eigenvalue weighted by molar-refractivity contribution is -0.127. The van der Waals surface area contributed by atoms with Crippen molar-refractivity contribution >= 4 is 17.5 Å². The number of para-hydroxylation sites is 1. The lowest BCUT2D eigenvalue weighted by atomic mass is 10.1. The molecule has 0 heterocycles. The maximum atomic E-state index is 12.1. The van der Waals surface area contributed by atoms with Gasteiger partial charge in [-0.1, -0.05) is 48.9 Å². The Morgan fingerprint density at radius 1 is 1.18 bits per heavy atom. The highest BCUT2D eigenvalue weighted by atomic mass is 35.5. The molecule has 0 spiro atoms. The maximum Gasteiger partial charge on any atom is 0.261 e. The van der Waals surface area contributed by atoms with Crippen LogP contribution in [0.2, 0.25) is 5.02 Å². The van der Waals surface area contributed by atoms with Gasteiger partial charge in [0.2, 0.25) is 0 Å². The molecule has 1 N–H and O–H groups in total. The van der Waals surface area contributed by atoms with Gasteiger partial charge >= 0.3 is 0 Å². The molecule has 0 aromatic heterocycles. The predicted molar refractivity (Wildman–Crippen MR) is 89.2 cm³/mol. The molecule has 116 valence electrons. The number of hydrogen-bond donors (Lipinski definition) is 1. The van der Waals surface area contributed by atoms with Crippen molar-refractivity contribution in [1.82, 2.24) is 5.32 Å². The van der Waals surface area contributed by atoms with Crippen LogP contribution < -0.4 is 10.1 Å². The first-order valence-electron chi connectivity index (χ1n) is 7.37. The van der Waals surface area contributed by atoms with Gasteiger partial charge in [-0.2, -0.15) is 0 Å². The van der Waals surface area contributed by atoms with Crippen LogP contribution >= 0.6 is 11.6 Å². The molecule has 0 saturated carbocycles. The van der Waals surface area contributed by atoms with E-state index >= 15 is 0 Å². The molecule has 1 amide bonds. The highest BCUT2D eigenvalue weighted by molar-refractivity contribution is 6.30. The number of rotatable bonds is 6. The first-order valence-corrected chi connectivity index (χ1v) is 7.74. The quantitative estimate of drug-likeness (QED) is 0.875. The summed E-state index contributed by atoms with van der Waals surface area (Å²) in [6, 6.07) is 15.2. The second-order valence-corrected chi connectivity index (χ2v) is 5.50. The van der Waals surface area contributed by atoms with E-state index in [4.69, 9.17) is 16.3 Å². The number of carbonyl (C=O) groups excluding carboxylic acids is 1. The molecule has 2 aromatic rings. The lowest BCUT2D eigenvalue weighted by Gasteiger charge is -2.17. The van der Waals surface area contributed by atoms with E-state index in [2.05, 4.69) is 12.2 Å². The summed E-state index contributed by atoms with van der Waals surface area (Å²) in [7, 11) is 0. The van der Waals surface area contributed by atoms with Crippen LogP contribution in [0.5, 0.6) is 5.75 Å². The van der Waals surface area contributed by atoms with Crippen molar-refractivity contribution in [1.29, 1.82) is 0 Å². The molecule has 2 rings (SSSR count). The molecular formula is C18H20ClNO2. The van der Waals surface area contributed by atoms with Gasteiger partial charge in [0.25, 0.3) is 5.91 Å². The van der Waals surface area contributed by atoms with Crippen molar-refractivity contribution in [2.75, 3.05) is 0 Å². The Morgan fingerprint density at radius 2 is 1.86 bits per heavy atom. The number of aryl methyl sites for hydroxylation is 1. The fourth-order valence-corrected chi connectivity index (χ4v) is 2.22. The molecular weight excluding hydrogens is 298 g/mol. The molecule has 1 unspecified atom stereocenters. The van der Waals surface area contributed by atoms with E-state index in [1.807, 2.05) is 36.4 Å². The zero-order chi connectivity index (χ0) is 15.9. The number of ether oxygens (including phenoxy) is 1. The normalized spacial score (nSPS) is 11.8. The van der Waals surface area contributed by atoms with Gasteiger partial charge in [-0.05, 0) is 42.7 Å². The highest BCUT2D eigenvalue weighted by Gasteiger charge is 2.15. The molecule has 3 nitrogen and oxygen atoms in total. The van der Waals surface area contributed by atoms with Gasteiger partial charge < -0.3 is 10.1 Å². The SMILES string of the molecule is CCc1ccccc1OC(C)C(=O)NCc1ccc(Cl)cc1. The van der Waals surface area contributed by atoms with Crippen LogP contribution in [-0.2, 0) is 17.8 Å². The summed E-state index contributed by atoms with van der Waals surface area (Å²) in [5.41, 5.74) is 2.10. The van der Waals surface area contributed by atoms with E-state index in [-0.39, 0.29) is 5.91 Å². The third-order valence-corrected chi connectivity index (χ3v) is 3.66. The fourth-order valence-electron chi connectivity index (χ4n) is 2.09. The van der Waals surface area contributed by atoms with Crippen molar-refractivity contribution in [3.05, 3.63) is 64.7 Å². The molecule has 1 atom stereocenters. The predicted octanol–water partition coefficient (Wildman–Crippen LogP) is 3.99. The van der Waals surface area contributed by atoms with E-state index in [9.17, 15) is 4.79 Å². The molecule has 2 aromatic carbocycles. The van der Waals surface area contributed by atoms with Gasteiger partial charge in [-0.15, -0.1) is 0 Å². The summed E-state index contributed by atoms with van der Waals surface area (Å²) in [6.07, 6.45) is 0.329. The van der Waals surface area contributed by atoms with E-state index < -0.39 is 6.10 Å². The lowest BCUT2D eigenvalue weighted by Crippen LogP contribution is -2.36. The van der Waals surface area contributed by atoms with E-state index in [1.165, 1.54) is 0 Å². The van der Waals surface area contributed by atoms with E-state index in [0.29, 0.717) is 11.6 Å². The van der Waals surface area contributed by atoms with Crippen LogP contribution in [0.1, 0.15) is 25.0 Å². The number of halogens is 1. The van der Waals surface area contributed by atoms with Gasteiger partial charge in [0.05, 0.1) is 0 Å². The Morgan fingerprint density at radius 3 is 2.55 bits per heavy atom. The Kier molecular flexibility index (Phi) is 5.84. The van der Waals surface area contributed by atoms with Crippen molar-refractivity contribution < 1.29 is 9.53 Å². The van der Waals surface area contributed by atoms with Crippen LogP contribution in [-0.4, -0.2) is 12.0 Å². The molecule has 0 saturated heterocycles. The first-order chi connectivity index (χ1) is 10.6. The minimum Gasteiger partial charge on any atom is -0.481 e. The zero-order valence-electron chi connectivity index (χ0n) is 12.8. The monoisotopic (exact) mass is 317 g/mol. The fraction of sp³-hybridized carbons (Fsp3) is 0.278. The van der Waals surface area contributed by atoms with E-state index in [0.717, 1.165) is 23.3 Å². The number of hydrogen-bond acceptors (Lipinski definition) is 2. The molecule has 22 heavy (non-hydrogen) atoms. The van der Waals surface area contributed by atoms with Crippen LogP contribution in [0, 0.1) is 0 Å². The average Bonchev–Trinajstić information content (AvgIpc) is 2.54. The van der Waals surface area contributed by atoms with Gasteiger partial charge in [-0.3, -0.25) is 4.79 Å². The van der Waals surface area contributed by atoms with E-state index in [1.54, 1.807) is 19.1 Å². The Balaban J connectivity index is 1.90. The molecule has 0 fully saturated rings. The third-order valence-electron chi connectivity index (χ3n) is 3.41. The Hall–Kier alpha value is -2.00. The minimum atomic E-state index is -0.542. The summed E-state index contributed by atoms with van der Waals surface area (Å²) in [4.78, 5) is 12.1. The van der Waals surface area contributed by atoms with Crippen molar-refractivity contribution in [2.45, 2.75) is 32.9 Å². The second-order valence-electron chi connectivity index (χ2n) is 5.07. The van der Waals surface area contributed by atoms with Crippen LogP contribution in [0.3, 0.4) is 0 Å². The molecule has 4 heteroatoms. The highest BCUT2D eigenvalue weighted by Crippen LogP contribution is 2.19. The standard InChI is InChI=1S/C18H20ClNO2/c1-3-15-6-4-5-7-17(15)22-13(2)18(21)20-12-14-8-10-16(19)11-9-14/h4-11,13H,3,12H2,1-2H3,(H,20,21). The number of amides is 1. The summed E-state index contributed by atoms with van der Waals surface area (Å²) < 4.78 is 5.77. The Labute approximate surface area is 136 Å². The van der Waals surface area contributed by atoms with Gasteiger partial charge in [0, 0.05) is 11.6 Å². The molecule has 0 aliphatic rings.